The first-order chi connectivity index (χ1) is 11.5. The molecule has 2 aliphatic heterocycles. The van der Waals surface area contributed by atoms with Gasteiger partial charge in [0.25, 0.3) is 0 Å². The zero-order valence-corrected chi connectivity index (χ0v) is 13.5. The quantitative estimate of drug-likeness (QED) is 0.862. The molecule has 0 bridgehead atoms. The highest BCUT2D eigenvalue weighted by atomic mass is 16.2. The number of imide groups is 1. The molecule has 1 saturated heterocycles. The molecule has 4 rings (SSSR count). The predicted molar refractivity (Wildman–Crippen MR) is 87.2 cm³/mol. The second-order valence-corrected chi connectivity index (χ2v) is 6.10. The largest absolute Gasteiger partial charge is 0.329 e. The summed E-state index contributed by atoms with van der Waals surface area (Å²) in [5.41, 5.74) is 3.01. The number of imidazole rings is 1. The van der Waals surface area contributed by atoms with Crippen molar-refractivity contribution in [1.29, 1.82) is 0 Å². The molecule has 8 nitrogen and oxygen atoms in total. The molecule has 4 heterocycles. The number of aromatic nitrogens is 3. The van der Waals surface area contributed by atoms with Crippen LogP contribution in [0.25, 0.3) is 11.5 Å². The van der Waals surface area contributed by atoms with Crippen LogP contribution in [-0.2, 0) is 18.4 Å². The van der Waals surface area contributed by atoms with Crippen molar-refractivity contribution in [3.63, 3.8) is 0 Å². The van der Waals surface area contributed by atoms with E-state index in [1.807, 2.05) is 17.7 Å². The van der Waals surface area contributed by atoms with Crippen LogP contribution < -0.4 is 15.5 Å². The Hall–Kier alpha value is -2.74. The predicted octanol–water partition coefficient (Wildman–Crippen LogP) is 1.09. The molecule has 124 valence electrons. The van der Waals surface area contributed by atoms with E-state index >= 15 is 0 Å². The summed E-state index contributed by atoms with van der Waals surface area (Å²) in [5.74, 6) is 1.08. The molecule has 0 aliphatic carbocycles. The lowest BCUT2D eigenvalue weighted by molar-refractivity contribution is -0.120. The van der Waals surface area contributed by atoms with Crippen LogP contribution in [0.15, 0.2) is 18.3 Å². The van der Waals surface area contributed by atoms with E-state index in [1.54, 1.807) is 6.20 Å². The maximum atomic E-state index is 12.0. The molecule has 0 spiro atoms. The first kappa shape index (κ1) is 14.8. The molecule has 0 unspecified atom stereocenters. The van der Waals surface area contributed by atoms with Crippen LogP contribution >= 0.6 is 0 Å². The summed E-state index contributed by atoms with van der Waals surface area (Å²) in [4.78, 5) is 34.0. The maximum absolute atomic E-state index is 12.0. The van der Waals surface area contributed by atoms with Crippen molar-refractivity contribution in [3.05, 3.63) is 29.6 Å². The van der Waals surface area contributed by atoms with Crippen LogP contribution in [0, 0.1) is 0 Å². The Morgan fingerprint density at radius 3 is 2.92 bits per heavy atom. The molecule has 24 heavy (non-hydrogen) atoms. The lowest BCUT2D eigenvalue weighted by Gasteiger charge is -2.26. The van der Waals surface area contributed by atoms with Gasteiger partial charge >= 0.3 is 6.03 Å². The smallest absolute Gasteiger partial charge is 0.312 e. The van der Waals surface area contributed by atoms with Crippen LogP contribution in [0.3, 0.4) is 0 Å². The van der Waals surface area contributed by atoms with Crippen LogP contribution in [0.4, 0.5) is 10.6 Å². The third-order valence-corrected chi connectivity index (χ3v) is 4.54. The van der Waals surface area contributed by atoms with Crippen LogP contribution in [0.2, 0.25) is 0 Å². The van der Waals surface area contributed by atoms with E-state index in [0.717, 1.165) is 17.9 Å². The third-order valence-electron chi connectivity index (χ3n) is 4.54. The fourth-order valence-electron chi connectivity index (χ4n) is 3.18. The van der Waals surface area contributed by atoms with Gasteiger partial charge < -0.3 is 9.88 Å². The zero-order chi connectivity index (χ0) is 16.8. The van der Waals surface area contributed by atoms with Gasteiger partial charge in [-0.2, -0.15) is 0 Å². The summed E-state index contributed by atoms with van der Waals surface area (Å²) < 4.78 is 1.83. The number of anilines is 1. The number of hydrogen-bond acceptors (Lipinski definition) is 5. The molecule has 2 N–H and O–H groups in total. The molecule has 2 aromatic heterocycles. The number of nitrogens with zero attached hydrogens (tertiary/aromatic N) is 4. The molecule has 0 saturated carbocycles. The Bertz CT molecular complexity index is 843. The van der Waals surface area contributed by atoms with Crippen molar-refractivity contribution in [2.75, 3.05) is 11.4 Å². The highest BCUT2D eigenvalue weighted by Gasteiger charge is 2.28. The van der Waals surface area contributed by atoms with Gasteiger partial charge in [0.15, 0.2) is 5.82 Å². The number of pyridine rings is 1. The van der Waals surface area contributed by atoms with Crippen LogP contribution in [0.5, 0.6) is 0 Å². The van der Waals surface area contributed by atoms with Crippen molar-refractivity contribution >= 4 is 17.8 Å². The second kappa shape index (κ2) is 5.41. The Morgan fingerprint density at radius 2 is 2.12 bits per heavy atom. The van der Waals surface area contributed by atoms with E-state index in [1.165, 1.54) is 10.5 Å². The highest BCUT2D eigenvalue weighted by Crippen LogP contribution is 2.28. The van der Waals surface area contributed by atoms with Gasteiger partial charge in [-0.05, 0) is 18.6 Å². The minimum Gasteiger partial charge on any atom is -0.312 e. The molecule has 1 fully saturated rings. The van der Waals surface area contributed by atoms with E-state index in [2.05, 4.69) is 28.6 Å². The van der Waals surface area contributed by atoms with Gasteiger partial charge in [0.1, 0.15) is 11.5 Å². The van der Waals surface area contributed by atoms with Crippen molar-refractivity contribution in [1.82, 2.24) is 25.2 Å². The summed E-state index contributed by atoms with van der Waals surface area (Å²) in [6.07, 6.45) is 1.92. The fraction of sp³-hybridized carbons (Fsp3) is 0.375. The first-order valence-corrected chi connectivity index (χ1v) is 7.91. The Labute approximate surface area is 138 Å². The molecule has 3 amide bonds. The van der Waals surface area contributed by atoms with Gasteiger partial charge in [0.2, 0.25) is 5.91 Å². The van der Waals surface area contributed by atoms with Gasteiger partial charge in [0.05, 0.1) is 11.9 Å². The molecular formula is C16H18N6O2. The van der Waals surface area contributed by atoms with Crippen molar-refractivity contribution in [2.24, 2.45) is 7.05 Å². The van der Waals surface area contributed by atoms with E-state index in [-0.39, 0.29) is 18.4 Å². The summed E-state index contributed by atoms with van der Waals surface area (Å²) in [6, 6.07) is 3.82. The topological polar surface area (TPSA) is 92.2 Å². The number of nitrogens with one attached hydrogen (secondary N) is 2. The number of hydrogen-bond donors (Lipinski definition) is 2. The van der Waals surface area contributed by atoms with Gasteiger partial charge in [-0.25, -0.2) is 14.8 Å². The van der Waals surface area contributed by atoms with E-state index in [9.17, 15) is 9.59 Å². The number of urea groups is 1. The van der Waals surface area contributed by atoms with Gasteiger partial charge in [-0.3, -0.25) is 15.0 Å². The van der Waals surface area contributed by atoms with Crippen molar-refractivity contribution < 1.29 is 9.59 Å². The molecule has 0 aromatic carbocycles. The van der Waals surface area contributed by atoms with Gasteiger partial charge in [0, 0.05) is 32.6 Å². The third kappa shape index (κ3) is 2.26. The van der Waals surface area contributed by atoms with Crippen molar-refractivity contribution in [3.8, 4) is 11.5 Å². The summed E-state index contributed by atoms with van der Waals surface area (Å²) in [7, 11) is 1.85. The standard InChI is InChI=1S/C16H18N6O2/c1-9-14-10(7-17-9)3-4-11(19-14)15-18-8-13(21(15)2)22-6-5-12(23)20-16(22)24/h3-4,8-9,17H,5-7H2,1-2H3,(H,20,23,24)/t9-/m1/s1. The van der Waals surface area contributed by atoms with Crippen LogP contribution in [-0.4, -0.2) is 33.0 Å². The zero-order valence-electron chi connectivity index (χ0n) is 13.5. The molecule has 2 aromatic rings. The average Bonchev–Trinajstić information content (AvgIpc) is 3.11. The van der Waals surface area contributed by atoms with E-state index in [4.69, 9.17) is 4.98 Å². The second-order valence-electron chi connectivity index (χ2n) is 6.10. The van der Waals surface area contributed by atoms with E-state index < -0.39 is 6.03 Å². The minimum absolute atomic E-state index is 0.221. The molecule has 2 aliphatic rings. The lowest BCUT2D eigenvalue weighted by Crippen LogP contribution is -2.50. The lowest BCUT2D eigenvalue weighted by atomic mass is 10.1. The highest BCUT2D eigenvalue weighted by molar-refractivity contribution is 6.05. The van der Waals surface area contributed by atoms with Gasteiger partial charge in [-0.1, -0.05) is 6.07 Å². The summed E-state index contributed by atoms with van der Waals surface area (Å²) >= 11 is 0. The molecule has 8 heteroatoms. The van der Waals surface area contributed by atoms with Gasteiger partial charge in [-0.15, -0.1) is 0 Å². The fourth-order valence-corrected chi connectivity index (χ4v) is 3.18. The number of rotatable bonds is 2. The average molecular weight is 326 g/mol. The monoisotopic (exact) mass is 326 g/mol. The SMILES string of the molecule is C[C@H]1NCc2ccc(-c3ncc(N4CCC(=O)NC4=O)n3C)nc21. The maximum Gasteiger partial charge on any atom is 0.329 e. The van der Waals surface area contributed by atoms with Crippen LogP contribution in [0.1, 0.15) is 30.6 Å². The van der Waals surface area contributed by atoms with E-state index in [0.29, 0.717) is 18.2 Å². The number of fused-ring (bicyclic) bond motifs is 1. The molecule has 0 radical (unpaired) electrons. The minimum atomic E-state index is -0.416. The normalized spacial score (nSPS) is 20.2. The summed E-state index contributed by atoms with van der Waals surface area (Å²) in [6.45, 7) is 3.27. The molecular weight excluding hydrogens is 308 g/mol. The summed E-state index contributed by atoms with van der Waals surface area (Å²) in [5, 5.41) is 5.69. The Balaban J connectivity index is 1.69. The number of amides is 3. The van der Waals surface area contributed by atoms with Crippen molar-refractivity contribution in [2.45, 2.75) is 25.9 Å². The number of carbonyl (C=O) groups is 2. The Kier molecular flexibility index (Phi) is 3.34. The number of carbonyl (C=O) groups excluding carboxylic acids is 2. The first-order valence-electron chi connectivity index (χ1n) is 7.91. The molecule has 1 atom stereocenters. The Morgan fingerprint density at radius 1 is 1.29 bits per heavy atom.